The Morgan fingerprint density at radius 1 is 0.853 bits per heavy atom. The SMILES string of the molecule is CCCCOC(=O)OC1=CC(COC(c2ccccc2)(c2ccccc2)c2ccccc2)CC1. The summed E-state index contributed by atoms with van der Waals surface area (Å²) in [6.45, 7) is 2.94. The maximum absolute atomic E-state index is 11.9. The minimum Gasteiger partial charge on any atom is -0.434 e. The molecule has 0 saturated heterocycles. The highest BCUT2D eigenvalue weighted by Crippen LogP contribution is 2.41. The molecule has 0 spiro atoms. The molecule has 0 radical (unpaired) electrons. The number of carbonyl (C=O) groups is 1. The Labute approximate surface area is 202 Å². The molecule has 0 bridgehead atoms. The number of allylic oxidation sites excluding steroid dienone is 1. The second-order valence-corrected chi connectivity index (χ2v) is 8.58. The maximum atomic E-state index is 11.9. The molecular weight excluding hydrogens is 424 g/mol. The van der Waals surface area contributed by atoms with Gasteiger partial charge in [-0.25, -0.2) is 4.79 Å². The lowest BCUT2D eigenvalue weighted by atomic mass is 9.80. The van der Waals surface area contributed by atoms with Crippen LogP contribution < -0.4 is 0 Å². The molecule has 176 valence electrons. The quantitative estimate of drug-likeness (QED) is 0.183. The van der Waals surface area contributed by atoms with Gasteiger partial charge >= 0.3 is 6.16 Å². The smallest absolute Gasteiger partial charge is 0.434 e. The normalized spacial score (nSPS) is 15.6. The summed E-state index contributed by atoms with van der Waals surface area (Å²) in [5.41, 5.74) is 2.47. The van der Waals surface area contributed by atoms with E-state index in [1.807, 2.05) is 60.7 Å². The van der Waals surface area contributed by atoms with Gasteiger partial charge in [-0.15, -0.1) is 0 Å². The van der Waals surface area contributed by atoms with Gasteiger partial charge in [-0.2, -0.15) is 0 Å². The van der Waals surface area contributed by atoms with Crippen molar-refractivity contribution in [3.05, 3.63) is 120 Å². The van der Waals surface area contributed by atoms with Gasteiger partial charge in [0.1, 0.15) is 11.4 Å². The zero-order chi connectivity index (χ0) is 23.6. The van der Waals surface area contributed by atoms with Crippen LogP contribution in [0, 0.1) is 5.92 Å². The highest BCUT2D eigenvalue weighted by Gasteiger charge is 2.38. The summed E-state index contributed by atoms with van der Waals surface area (Å²) in [5.74, 6) is 0.814. The largest absolute Gasteiger partial charge is 0.513 e. The molecule has 0 fully saturated rings. The topological polar surface area (TPSA) is 44.8 Å². The number of benzene rings is 3. The Morgan fingerprint density at radius 3 is 1.88 bits per heavy atom. The molecule has 1 aliphatic carbocycles. The van der Waals surface area contributed by atoms with E-state index in [-0.39, 0.29) is 5.92 Å². The lowest BCUT2D eigenvalue weighted by molar-refractivity contribution is -0.000648. The number of hydrogen-bond donors (Lipinski definition) is 0. The lowest BCUT2D eigenvalue weighted by Gasteiger charge is -2.36. The molecule has 0 amide bonds. The van der Waals surface area contributed by atoms with E-state index in [1.165, 1.54) is 0 Å². The first-order chi connectivity index (χ1) is 16.7. The molecule has 1 unspecified atom stereocenters. The van der Waals surface area contributed by atoms with Crippen LogP contribution in [-0.2, 0) is 19.8 Å². The van der Waals surface area contributed by atoms with E-state index < -0.39 is 11.8 Å². The van der Waals surface area contributed by atoms with Crippen molar-refractivity contribution in [2.45, 2.75) is 38.2 Å². The van der Waals surface area contributed by atoms with Gasteiger partial charge in [-0.1, -0.05) is 104 Å². The molecule has 0 N–H and O–H groups in total. The standard InChI is InChI=1S/C30H32O4/c1-2-3-21-32-29(31)34-28-20-19-24(22-28)23-33-30(25-13-7-4-8-14-25,26-15-9-5-10-16-26)27-17-11-6-12-18-27/h4-18,22,24H,2-3,19-21,23H2,1H3. The van der Waals surface area contributed by atoms with E-state index in [0.717, 1.165) is 36.0 Å². The summed E-state index contributed by atoms with van der Waals surface area (Å²) in [6, 6.07) is 31.0. The van der Waals surface area contributed by atoms with Crippen LogP contribution in [0.25, 0.3) is 0 Å². The van der Waals surface area contributed by atoms with Gasteiger partial charge < -0.3 is 14.2 Å². The molecule has 3 aromatic carbocycles. The van der Waals surface area contributed by atoms with E-state index in [1.54, 1.807) is 0 Å². The van der Waals surface area contributed by atoms with Gasteiger partial charge in [0.2, 0.25) is 0 Å². The summed E-state index contributed by atoms with van der Waals surface area (Å²) in [6.07, 6.45) is 4.77. The monoisotopic (exact) mass is 456 g/mol. The average Bonchev–Trinajstić information content (AvgIpc) is 3.34. The number of rotatable bonds is 10. The van der Waals surface area contributed by atoms with Crippen molar-refractivity contribution < 1.29 is 19.0 Å². The van der Waals surface area contributed by atoms with E-state index in [2.05, 4.69) is 43.3 Å². The molecule has 0 saturated carbocycles. The Balaban J connectivity index is 1.58. The average molecular weight is 457 g/mol. The molecule has 1 atom stereocenters. The predicted molar refractivity (Wildman–Crippen MR) is 133 cm³/mol. The van der Waals surface area contributed by atoms with Crippen LogP contribution in [0.5, 0.6) is 0 Å². The fourth-order valence-electron chi connectivity index (χ4n) is 4.41. The number of unbranched alkanes of at least 4 members (excludes halogenated alkanes) is 1. The van der Waals surface area contributed by atoms with Crippen LogP contribution in [0.15, 0.2) is 103 Å². The number of hydrogen-bond acceptors (Lipinski definition) is 4. The van der Waals surface area contributed by atoms with Crippen molar-refractivity contribution in [1.29, 1.82) is 0 Å². The molecule has 34 heavy (non-hydrogen) atoms. The molecule has 3 aromatic rings. The van der Waals surface area contributed by atoms with E-state index in [9.17, 15) is 4.79 Å². The molecular formula is C30H32O4. The van der Waals surface area contributed by atoms with Gasteiger partial charge in [0.05, 0.1) is 13.2 Å². The first-order valence-corrected chi connectivity index (χ1v) is 12.1. The van der Waals surface area contributed by atoms with Crippen LogP contribution >= 0.6 is 0 Å². The third kappa shape index (κ3) is 5.57. The molecule has 1 aliphatic rings. The van der Waals surface area contributed by atoms with Crippen molar-refractivity contribution in [3.63, 3.8) is 0 Å². The molecule has 4 rings (SSSR count). The Bertz CT molecular complexity index is 964. The van der Waals surface area contributed by atoms with Crippen LogP contribution in [0.4, 0.5) is 4.79 Å². The third-order valence-corrected chi connectivity index (χ3v) is 6.17. The molecule has 0 aromatic heterocycles. The van der Waals surface area contributed by atoms with Gasteiger partial charge in [0.15, 0.2) is 0 Å². The molecule has 4 heteroatoms. The highest BCUT2D eigenvalue weighted by atomic mass is 16.7. The summed E-state index contributed by atoms with van der Waals surface area (Å²) in [7, 11) is 0. The minimum atomic E-state index is -0.750. The number of carbonyl (C=O) groups excluding carboxylic acids is 1. The summed E-state index contributed by atoms with van der Waals surface area (Å²) < 4.78 is 17.4. The minimum absolute atomic E-state index is 0.147. The second-order valence-electron chi connectivity index (χ2n) is 8.58. The lowest BCUT2D eigenvalue weighted by Crippen LogP contribution is -2.34. The second kappa shape index (κ2) is 11.7. The van der Waals surface area contributed by atoms with Crippen molar-refractivity contribution in [2.75, 3.05) is 13.2 Å². The first kappa shape index (κ1) is 23.8. The van der Waals surface area contributed by atoms with Crippen molar-refractivity contribution in [1.82, 2.24) is 0 Å². The summed E-state index contributed by atoms with van der Waals surface area (Å²) in [4.78, 5) is 11.9. The molecule has 0 aliphatic heterocycles. The Hall–Kier alpha value is -3.37. The molecule has 4 nitrogen and oxygen atoms in total. The highest BCUT2D eigenvalue weighted by molar-refractivity contribution is 5.61. The van der Waals surface area contributed by atoms with Crippen LogP contribution in [0.2, 0.25) is 0 Å². The van der Waals surface area contributed by atoms with E-state index in [4.69, 9.17) is 14.2 Å². The van der Waals surface area contributed by atoms with Crippen molar-refractivity contribution in [3.8, 4) is 0 Å². The van der Waals surface area contributed by atoms with E-state index in [0.29, 0.717) is 25.4 Å². The predicted octanol–water partition coefficient (Wildman–Crippen LogP) is 7.24. The fraction of sp³-hybridized carbons (Fsp3) is 0.300. The third-order valence-electron chi connectivity index (χ3n) is 6.17. The fourth-order valence-corrected chi connectivity index (χ4v) is 4.41. The van der Waals surface area contributed by atoms with Gasteiger partial charge in [-0.3, -0.25) is 0 Å². The van der Waals surface area contributed by atoms with Crippen LogP contribution in [0.1, 0.15) is 49.3 Å². The molecule has 0 heterocycles. The van der Waals surface area contributed by atoms with Crippen molar-refractivity contribution in [2.24, 2.45) is 5.92 Å². The van der Waals surface area contributed by atoms with Crippen molar-refractivity contribution >= 4 is 6.16 Å². The first-order valence-electron chi connectivity index (χ1n) is 12.1. The van der Waals surface area contributed by atoms with Gasteiger partial charge in [0, 0.05) is 12.3 Å². The summed E-state index contributed by atoms with van der Waals surface area (Å²) >= 11 is 0. The Morgan fingerprint density at radius 2 is 1.38 bits per heavy atom. The van der Waals surface area contributed by atoms with E-state index >= 15 is 0 Å². The van der Waals surface area contributed by atoms with Gasteiger partial charge in [0.25, 0.3) is 0 Å². The number of ether oxygens (including phenoxy) is 3. The zero-order valence-electron chi connectivity index (χ0n) is 19.7. The summed E-state index contributed by atoms with van der Waals surface area (Å²) in [5, 5.41) is 0. The zero-order valence-corrected chi connectivity index (χ0v) is 19.7. The van der Waals surface area contributed by atoms with Gasteiger partial charge in [-0.05, 0) is 35.6 Å². The Kier molecular flexibility index (Phi) is 8.16. The van der Waals surface area contributed by atoms with Crippen LogP contribution in [0.3, 0.4) is 0 Å². The van der Waals surface area contributed by atoms with Crippen LogP contribution in [-0.4, -0.2) is 19.4 Å². The maximum Gasteiger partial charge on any atom is 0.513 e.